The number of aryl methyl sites for hydroxylation is 1. The standard InChI is InChI=1S/C13H21N3O2/c1-16-7-6-11(15-16)9-14-8-10-4-2-3-5-12(10)13(17)18/h6-7,10,12,14H,2-5,8-9H2,1H3,(H,17,18). The van der Waals surface area contributed by atoms with Crippen LogP contribution < -0.4 is 5.32 Å². The van der Waals surface area contributed by atoms with Crippen LogP contribution in [-0.2, 0) is 18.4 Å². The highest BCUT2D eigenvalue weighted by molar-refractivity contribution is 5.70. The van der Waals surface area contributed by atoms with Gasteiger partial charge in [0.2, 0.25) is 0 Å². The van der Waals surface area contributed by atoms with Crippen molar-refractivity contribution in [2.75, 3.05) is 6.54 Å². The Balaban J connectivity index is 1.79. The van der Waals surface area contributed by atoms with E-state index in [1.165, 1.54) is 0 Å². The van der Waals surface area contributed by atoms with Gasteiger partial charge in [0, 0.05) is 19.8 Å². The molecule has 2 rings (SSSR count). The lowest BCUT2D eigenvalue weighted by molar-refractivity contribution is -0.144. The van der Waals surface area contributed by atoms with Gasteiger partial charge in [-0.15, -0.1) is 0 Å². The van der Waals surface area contributed by atoms with Crippen molar-refractivity contribution in [1.82, 2.24) is 15.1 Å². The molecular formula is C13H21N3O2. The van der Waals surface area contributed by atoms with Gasteiger partial charge in [0.15, 0.2) is 0 Å². The number of hydrogen-bond acceptors (Lipinski definition) is 3. The van der Waals surface area contributed by atoms with E-state index in [0.717, 1.165) is 37.9 Å². The second-order valence-electron chi connectivity index (χ2n) is 5.10. The van der Waals surface area contributed by atoms with Gasteiger partial charge in [-0.1, -0.05) is 12.8 Å². The molecule has 0 saturated heterocycles. The second-order valence-corrected chi connectivity index (χ2v) is 5.10. The summed E-state index contributed by atoms with van der Waals surface area (Å²) in [5.74, 6) is -0.547. The molecule has 2 atom stereocenters. The molecule has 1 aromatic heterocycles. The minimum Gasteiger partial charge on any atom is -0.481 e. The van der Waals surface area contributed by atoms with Gasteiger partial charge in [-0.25, -0.2) is 0 Å². The van der Waals surface area contributed by atoms with E-state index in [2.05, 4.69) is 10.4 Å². The summed E-state index contributed by atoms with van der Waals surface area (Å²) in [5, 5.41) is 16.8. The maximum Gasteiger partial charge on any atom is 0.306 e. The minimum absolute atomic E-state index is 0.171. The molecule has 0 aliphatic heterocycles. The van der Waals surface area contributed by atoms with Crippen molar-refractivity contribution in [3.05, 3.63) is 18.0 Å². The lowest BCUT2D eigenvalue weighted by atomic mass is 9.79. The molecule has 100 valence electrons. The average molecular weight is 251 g/mol. The summed E-state index contributed by atoms with van der Waals surface area (Å²) < 4.78 is 1.78. The Morgan fingerprint density at radius 2 is 2.33 bits per heavy atom. The minimum atomic E-state index is -0.640. The summed E-state index contributed by atoms with van der Waals surface area (Å²) >= 11 is 0. The lowest BCUT2D eigenvalue weighted by Crippen LogP contribution is -2.34. The number of aliphatic carboxylic acids is 1. The summed E-state index contributed by atoms with van der Waals surface area (Å²) in [4.78, 5) is 11.2. The van der Waals surface area contributed by atoms with Crippen LogP contribution in [0.2, 0.25) is 0 Å². The molecule has 1 heterocycles. The molecule has 0 aromatic carbocycles. The van der Waals surface area contributed by atoms with Crippen LogP contribution in [0.5, 0.6) is 0 Å². The first-order chi connectivity index (χ1) is 8.66. The van der Waals surface area contributed by atoms with Gasteiger partial charge in [-0.3, -0.25) is 9.48 Å². The number of aromatic nitrogens is 2. The Morgan fingerprint density at radius 1 is 1.56 bits per heavy atom. The van der Waals surface area contributed by atoms with E-state index in [-0.39, 0.29) is 11.8 Å². The van der Waals surface area contributed by atoms with Crippen LogP contribution in [0.25, 0.3) is 0 Å². The maximum absolute atomic E-state index is 11.2. The molecule has 0 bridgehead atoms. The number of carboxylic acid groups (broad SMARTS) is 1. The van der Waals surface area contributed by atoms with Crippen LogP contribution in [-0.4, -0.2) is 27.4 Å². The van der Waals surface area contributed by atoms with Gasteiger partial charge in [-0.05, 0) is 31.4 Å². The quantitative estimate of drug-likeness (QED) is 0.830. The van der Waals surface area contributed by atoms with Crippen molar-refractivity contribution in [3.63, 3.8) is 0 Å². The highest BCUT2D eigenvalue weighted by Crippen LogP contribution is 2.29. The third-order valence-electron chi connectivity index (χ3n) is 3.71. The number of rotatable bonds is 5. The van der Waals surface area contributed by atoms with E-state index in [1.807, 2.05) is 19.3 Å². The van der Waals surface area contributed by atoms with Crippen molar-refractivity contribution in [1.29, 1.82) is 0 Å². The normalized spacial score (nSPS) is 24.1. The predicted octanol–water partition coefficient (Wildman–Crippen LogP) is 1.40. The van der Waals surface area contributed by atoms with Crippen LogP contribution in [0, 0.1) is 11.8 Å². The summed E-state index contributed by atoms with van der Waals surface area (Å²) in [7, 11) is 1.89. The van der Waals surface area contributed by atoms with Gasteiger partial charge >= 0.3 is 5.97 Å². The van der Waals surface area contributed by atoms with Crippen LogP contribution in [0.4, 0.5) is 0 Å². The zero-order valence-corrected chi connectivity index (χ0v) is 10.8. The molecule has 1 aliphatic carbocycles. The SMILES string of the molecule is Cn1ccc(CNCC2CCCCC2C(=O)O)n1. The molecule has 0 radical (unpaired) electrons. The molecular weight excluding hydrogens is 230 g/mol. The molecule has 5 nitrogen and oxygen atoms in total. The second kappa shape index (κ2) is 6.00. The Kier molecular flexibility index (Phi) is 4.36. The van der Waals surface area contributed by atoms with Crippen LogP contribution >= 0.6 is 0 Å². The summed E-state index contributed by atoms with van der Waals surface area (Å²) in [6, 6.07) is 1.97. The van der Waals surface area contributed by atoms with Gasteiger partial charge in [0.1, 0.15) is 0 Å². The van der Waals surface area contributed by atoms with E-state index in [4.69, 9.17) is 0 Å². The Bertz CT molecular complexity index is 403. The van der Waals surface area contributed by atoms with Crippen molar-refractivity contribution >= 4 is 5.97 Å². The van der Waals surface area contributed by atoms with Gasteiger partial charge in [0.05, 0.1) is 11.6 Å². The molecule has 0 spiro atoms. The summed E-state index contributed by atoms with van der Waals surface area (Å²) in [6.07, 6.45) is 5.96. The van der Waals surface area contributed by atoms with E-state index < -0.39 is 5.97 Å². The molecule has 18 heavy (non-hydrogen) atoms. The monoisotopic (exact) mass is 251 g/mol. The molecule has 2 N–H and O–H groups in total. The first kappa shape index (κ1) is 13.1. The Morgan fingerprint density at radius 3 is 3.00 bits per heavy atom. The molecule has 5 heteroatoms. The number of carboxylic acids is 1. The van der Waals surface area contributed by atoms with Crippen LogP contribution in [0.15, 0.2) is 12.3 Å². The van der Waals surface area contributed by atoms with Crippen molar-refractivity contribution < 1.29 is 9.90 Å². The molecule has 1 saturated carbocycles. The van der Waals surface area contributed by atoms with Gasteiger partial charge in [0.25, 0.3) is 0 Å². The van der Waals surface area contributed by atoms with E-state index >= 15 is 0 Å². The fraction of sp³-hybridized carbons (Fsp3) is 0.692. The average Bonchev–Trinajstić information content (AvgIpc) is 2.75. The zero-order valence-electron chi connectivity index (χ0n) is 10.8. The number of nitrogens with one attached hydrogen (secondary N) is 1. The highest BCUT2D eigenvalue weighted by Gasteiger charge is 2.30. The highest BCUT2D eigenvalue weighted by atomic mass is 16.4. The third kappa shape index (κ3) is 3.32. The summed E-state index contributed by atoms with van der Waals surface area (Å²) in [6.45, 7) is 1.48. The van der Waals surface area contributed by atoms with Gasteiger partial charge < -0.3 is 10.4 Å². The van der Waals surface area contributed by atoms with Crippen molar-refractivity contribution in [2.24, 2.45) is 18.9 Å². The summed E-state index contributed by atoms with van der Waals surface area (Å²) in [5.41, 5.74) is 1.00. The maximum atomic E-state index is 11.2. The number of hydrogen-bond donors (Lipinski definition) is 2. The molecule has 1 fully saturated rings. The Hall–Kier alpha value is -1.36. The van der Waals surface area contributed by atoms with Crippen LogP contribution in [0.1, 0.15) is 31.4 Å². The largest absolute Gasteiger partial charge is 0.481 e. The molecule has 0 amide bonds. The van der Waals surface area contributed by atoms with Crippen LogP contribution in [0.3, 0.4) is 0 Å². The molecule has 1 aliphatic rings. The first-order valence-corrected chi connectivity index (χ1v) is 6.59. The number of carbonyl (C=O) groups is 1. The zero-order chi connectivity index (χ0) is 13.0. The third-order valence-corrected chi connectivity index (χ3v) is 3.71. The Labute approximate surface area is 107 Å². The topological polar surface area (TPSA) is 67.2 Å². The fourth-order valence-corrected chi connectivity index (χ4v) is 2.72. The van der Waals surface area contributed by atoms with E-state index in [9.17, 15) is 9.90 Å². The molecule has 1 aromatic rings. The fourth-order valence-electron chi connectivity index (χ4n) is 2.72. The van der Waals surface area contributed by atoms with Crippen molar-refractivity contribution in [2.45, 2.75) is 32.2 Å². The first-order valence-electron chi connectivity index (χ1n) is 6.59. The molecule has 2 unspecified atom stereocenters. The predicted molar refractivity (Wildman–Crippen MR) is 68.0 cm³/mol. The van der Waals surface area contributed by atoms with Gasteiger partial charge in [-0.2, -0.15) is 5.10 Å². The van der Waals surface area contributed by atoms with E-state index in [1.54, 1.807) is 4.68 Å². The number of nitrogens with zero attached hydrogens (tertiary/aromatic N) is 2. The van der Waals surface area contributed by atoms with E-state index in [0.29, 0.717) is 6.54 Å². The smallest absolute Gasteiger partial charge is 0.306 e. The van der Waals surface area contributed by atoms with Crippen molar-refractivity contribution in [3.8, 4) is 0 Å². The lowest BCUT2D eigenvalue weighted by Gasteiger charge is -2.28.